The molecule has 0 spiro atoms. The number of ether oxygens (including phenoxy) is 3. The molecule has 1 unspecified atom stereocenters. The molecule has 2 aromatic rings. The minimum atomic E-state index is -1.04. The fourth-order valence-electron chi connectivity index (χ4n) is 3.47. The Hall–Kier alpha value is -3.27. The van der Waals surface area contributed by atoms with Crippen molar-refractivity contribution in [2.24, 2.45) is 5.92 Å². The van der Waals surface area contributed by atoms with Crippen molar-refractivity contribution in [3.05, 3.63) is 90.0 Å². The molecule has 3 rings (SSSR count). The lowest BCUT2D eigenvalue weighted by Gasteiger charge is -2.24. The highest BCUT2D eigenvalue weighted by atomic mass is 16.6. The van der Waals surface area contributed by atoms with Gasteiger partial charge in [-0.25, -0.2) is 4.79 Å². The summed E-state index contributed by atoms with van der Waals surface area (Å²) in [5.41, 5.74) is 2.78. The second-order valence-corrected chi connectivity index (χ2v) is 8.29. The van der Waals surface area contributed by atoms with Crippen molar-refractivity contribution < 1.29 is 19.0 Å². The van der Waals surface area contributed by atoms with E-state index >= 15 is 0 Å². The van der Waals surface area contributed by atoms with Gasteiger partial charge in [0.2, 0.25) is 0 Å². The lowest BCUT2D eigenvalue weighted by atomic mass is 9.88. The highest BCUT2D eigenvalue weighted by Crippen LogP contribution is 2.28. The maximum atomic E-state index is 12.0. The van der Waals surface area contributed by atoms with Crippen LogP contribution in [0.5, 0.6) is 11.5 Å². The molecule has 32 heavy (non-hydrogen) atoms. The zero-order valence-corrected chi connectivity index (χ0v) is 19.3. The number of esters is 1. The zero-order valence-electron chi connectivity index (χ0n) is 19.3. The normalized spacial score (nSPS) is 16.3. The fraction of sp³-hybridized carbons (Fsp3) is 0.321. The monoisotopic (exact) mass is 432 g/mol. The van der Waals surface area contributed by atoms with Gasteiger partial charge in [0.1, 0.15) is 18.1 Å². The van der Waals surface area contributed by atoms with Gasteiger partial charge in [-0.05, 0) is 75.6 Å². The minimum Gasteiger partial charge on any atom is -0.490 e. The van der Waals surface area contributed by atoms with Crippen molar-refractivity contribution >= 4 is 11.5 Å². The van der Waals surface area contributed by atoms with E-state index in [1.54, 1.807) is 32.9 Å². The molecule has 1 aliphatic rings. The van der Waals surface area contributed by atoms with Crippen LogP contribution in [0.15, 0.2) is 84.5 Å². The summed E-state index contributed by atoms with van der Waals surface area (Å²) in [6.45, 7) is 8.14. The topological polar surface area (TPSA) is 44.8 Å². The van der Waals surface area contributed by atoms with Gasteiger partial charge in [-0.1, -0.05) is 54.1 Å². The van der Waals surface area contributed by atoms with Gasteiger partial charge in [0, 0.05) is 5.92 Å². The summed E-state index contributed by atoms with van der Waals surface area (Å²) in [5.74, 6) is 1.35. The number of rotatable bonds is 9. The highest BCUT2D eigenvalue weighted by Gasteiger charge is 2.31. The van der Waals surface area contributed by atoms with E-state index in [2.05, 4.69) is 55.5 Å². The Morgan fingerprint density at radius 2 is 1.75 bits per heavy atom. The predicted octanol–water partition coefficient (Wildman–Crippen LogP) is 6.39. The second kappa shape index (κ2) is 10.9. The van der Waals surface area contributed by atoms with Crippen molar-refractivity contribution in [3.8, 4) is 11.5 Å². The molecule has 1 atom stereocenters. The van der Waals surface area contributed by atoms with Gasteiger partial charge >= 0.3 is 5.97 Å². The lowest BCUT2D eigenvalue weighted by molar-refractivity contribution is -0.158. The molecule has 0 N–H and O–H groups in total. The maximum Gasteiger partial charge on any atom is 0.349 e. The standard InChI is InChI=1S/C28H32O4/c1-5-30-27(29)28(3,4)32-26-17-15-25(16-18-26)31-20-19-21(2)22-11-13-24(14-12-22)23-9-7-6-8-10-23/h6-11,13-19,22H,5,12,20H2,1-4H3/b21-19+. The van der Waals surface area contributed by atoms with E-state index in [4.69, 9.17) is 14.2 Å². The van der Waals surface area contributed by atoms with E-state index in [9.17, 15) is 4.79 Å². The van der Waals surface area contributed by atoms with Gasteiger partial charge < -0.3 is 14.2 Å². The van der Waals surface area contributed by atoms with Crippen LogP contribution in [0.4, 0.5) is 0 Å². The Morgan fingerprint density at radius 3 is 2.38 bits per heavy atom. The molecular formula is C28H32O4. The summed E-state index contributed by atoms with van der Waals surface area (Å²) in [7, 11) is 0. The van der Waals surface area contributed by atoms with Gasteiger partial charge in [-0.15, -0.1) is 0 Å². The van der Waals surface area contributed by atoms with Gasteiger partial charge in [0.25, 0.3) is 0 Å². The molecule has 2 aromatic carbocycles. The average Bonchev–Trinajstić information content (AvgIpc) is 2.81. The van der Waals surface area contributed by atoms with Gasteiger partial charge in [0.05, 0.1) is 6.61 Å². The Balaban J connectivity index is 1.49. The number of hydrogen-bond donors (Lipinski definition) is 0. The first-order valence-corrected chi connectivity index (χ1v) is 11.1. The van der Waals surface area contributed by atoms with Crippen LogP contribution in [-0.4, -0.2) is 24.8 Å². The largest absolute Gasteiger partial charge is 0.490 e. The van der Waals surface area contributed by atoms with Crippen LogP contribution >= 0.6 is 0 Å². The molecule has 4 nitrogen and oxygen atoms in total. The number of carbonyl (C=O) groups excluding carboxylic acids is 1. The Bertz CT molecular complexity index is 982. The van der Waals surface area contributed by atoms with Crippen LogP contribution in [0.2, 0.25) is 0 Å². The molecule has 0 bridgehead atoms. The van der Waals surface area contributed by atoms with E-state index in [0.29, 0.717) is 24.9 Å². The van der Waals surface area contributed by atoms with E-state index in [0.717, 1.165) is 12.2 Å². The molecule has 0 radical (unpaired) electrons. The molecule has 0 heterocycles. The van der Waals surface area contributed by atoms with Crippen molar-refractivity contribution in [3.63, 3.8) is 0 Å². The summed E-state index contributed by atoms with van der Waals surface area (Å²) in [6.07, 6.45) is 9.90. The fourth-order valence-corrected chi connectivity index (χ4v) is 3.47. The number of hydrogen-bond acceptors (Lipinski definition) is 4. The summed E-state index contributed by atoms with van der Waals surface area (Å²) in [5, 5.41) is 0. The first kappa shape index (κ1) is 23.4. The van der Waals surface area contributed by atoms with E-state index in [1.165, 1.54) is 16.7 Å². The zero-order chi connectivity index (χ0) is 23.0. The maximum absolute atomic E-state index is 12.0. The summed E-state index contributed by atoms with van der Waals surface area (Å²) in [6, 6.07) is 17.7. The molecule has 0 amide bonds. The van der Waals surface area contributed by atoms with Crippen molar-refractivity contribution in [2.75, 3.05) is 13.2 Å². The number of benzene rings is 2. The molecular weight excluding hydrogens is 400 g/mol. The van der Waals surface area contributed by atoms with Crippen molar-refractivity contribution in [2.45, 2.75) is 39.7 Å². The SMILES string of the molecule is CCOC(=O)C(C)(C)Oc1ccc(OC/C=C(\C)C2C=CC(c3ccccc3)=CC2)cc1. The van der Waals surface area contributed by atoms with Crippen LogP contribution in [0.3, 0.4) is 0 Å². The Labute approximate surface area is 191 Å². The van der Waals surface area contributed by atoms with Crippen LogP contribution in [0.25, 0.3) is 5.57 Å². The summed E-state index contributed by atoms with van der Waals surface area (Å²) in [4.78, 5) is 12.0. The molecule has 0 saturated heterocycles. The lowest BCUT2D eigenvalue weighted by Crippen LogP contribution is -2.39. The molecule has 0 fully saturated rings. The Kier molecular flexibility index (Phi) is 7.93. The van der Waals surface area contributed by atoms with Crippen LogP contribution < -0.4 is 9.47 Å². The third kappa shape index (κ3) is 6.36. The Morgan fingerprint density at radius 1 is 1.06 bits per heavy atom. The summed E-state index contributed by atoms with van der Waals surface area (Å²) < 4.78 is 16.7. The highest BCUT2D eigenvalue weighted by molar-refractivity contribution is 5.79. The van der Waals surface area contributed by atoms with Crippen LogP contribution in [0.1, 0.15) is 39.7 Å². The average molecular weight is 433 g/mol. The van der Waals surface area contributed by atoms with E-state index in [-0.39, 0.29) is 5.97 Å². The minimum absolute atomic E-state index is 0.326. The van der Waals surface area contributed by atoms with Crippen LogP contribution in [-0.2, 0) is 9.53 Å². The molecule has 4 heteroatoms. The number of carbonyl (C=O) groups is 1. The smallest absolute Gasteiger partial charge is 0.349 e. The van der Waals surface area contributed by atoms with Gasteiger partial charge in [0.15, 0.2) is 5.60 Å². The third-order valence-electron chi connectivity index (χ3n) is 5.41. The number of allylic oxidation sites excluding steroid dienone is 5. The predicted molar refractivity (Wildman–Crippen MR) is 129 cm³/mol. The quantitative estimate of drug-likeness (QED) is 0.340. The second-order valence-electron chi connectivity index (χ2n) is 8.29. The van der Waals surface area contributed by atoms with E-state index in [1.807, 2.05) is 18.2 Å². The van der Waals surface area contributed by atoms with E-state index < -0.39 is 5.60 Å². The van der Waals surface area contributed by atoms with Gasteiger partial charge in [-0.3, -0.25) is 0 Å². The van der Waals surface area contributed by atoms with Crippen molar-refractivity contribution in [1.29, 1.82) is 0 Å². The molecule has 1 aliphatic carbocycles. The molecule has 0 aliphatic heterocycles. The van der Waals surface area contributed by atoms with Crippen LogP contribution in [0, 0.1) is 5.92 Å². The summed E-state index contributed by atoms with van der Waals surface area (Å²) >= 11 is 0. The van der Waals surface area contributed by atoms with Gasteiger partial charge in [-0.2, -0.15) is 0 Å². The first-order chi connectivity index (χ1) is 15.4. The first-order valence-electron chi connectivity index (χ1n) is 11.1. The third-order valence-corrected chi connectivity index (χ3v) is 5.41. The van der Waals surface area contributed by atoms with Crippen molar-refractivity contribution in [1.82, 2.24) is 0 Å². The molecule has 0 aromatic heterocycles. The molecule has 0 saturated carbocycles. The molecule has 168 valence electrons.